The molecule has 0 bridgehead atoms. The molecular weight excluding hydrogens is 302 g/mol. The van der Waals surface area contributed by atoms with Gasteiger partial charge in [-0.1, -0.05) is 66.9 Å². The summed E-state index contributed by atoms with van der Waals surface area (Å²) in [6.07, 6.45) is 0. The Balaban J connectivity index is 2.03. The highest BCUT2D eigenvalue weighted by molar-refractivity contribution is 7.22. The van der Waals surface area contributed by atoms with Crippen molar-refractivity contribution in [2.24, 2.45) is 7.05 Å². The number of fused-ring (bicyclic) bond motifs is 3. The number of aromatic nitrogens is 1. The van der Waals surface area contributed by atoms with Gasteiger partial charge in [-0.15, -0.1) is 0 Å². The number of thiazole rings is 1. The molecule has 1 aliphatic rings. The van der Waals surface area contributed by atoms with Crippen molar-refractivity contribution in [1.29, 1.82) is 0 Å². The Morgan fingerprint density at radius 2 is 1.55 bits per heavy atom. The molecule has 3 aromatic rings. The molecule has 1 aromatic heterocycles. The van der Waals surface area contributed by atoms with Gasteiger partial charge >= 0.3 is 0 Å². The molecule has 1 aliphatic heterocycles. The fourth-order valence-corrected chi connectivity index (χ4v) is 9.43. The van der Waals surface area contributed by atoms with E-state index in [1.54, 1.807) is 10.5 Å². The van der Waals surface area contributed by atoms with E-state index in [9.17, 15) is 0 Å². The molecule has 4 rings (SSSR count). The van der Waals surface area contributed by atoms with E-state index in [4.69, 9.17) is 0 Å². The topological polar surface area (TPSA) is 3.88 Å². The van der Waals surface area contributed by atoms with E-state index in [0.29, 0.717) is 0 Å². The summed E-state index contributed by atoms with van der Waals surface area (Å²) in [6.45, 7) is 7.16. The van der Waals surface area contributed by atoms with Crippen LogP contribution in [0.25, 0.3) is 21.0 Å². The lowest BCUT2D eigenvalue weighted by atomic mass is 10.1. The van der Waals surface area contributed by atoms with Crippen LogP contribution in [0.2, 0.25) is 13.1 Å². The van der Waals surface area contributed by atoms with Crippen LogP contribution in [0.3, 0.4) is 0 Å². The first-order chi connectivity index (χ1) is 10.5. The fraction of sp³-hybridized carbons (Fsp3) is 0.211. The second-order valence-electron chi connectivity index (χ2n) is 6.63. The summed E-state index contributed by atoms with van der Waals surface area (Å²) in [5.74, 6) is 0. The third-order valence-electron chi connectivity index (χ3n) is 4.87. The molecule has 22 heavy (non-hydrogen) atoms. The van der Waals surface area contributed by atoms with E-state index in [2.05, 4.69) is 80.2 Å². The molecule has 0 amide bonds. The molecule has 0 spiro atoms. The quantitative estimate of drug-likeness (QED) is 0.478. The van der Waals surface area contributed by atoms with Gasteiger partial charge in [0.15, 0.2) is 13.4 Å². The van der Waals surface area contributed by atoms with Crippen molar-refractivity contribution in [1.82, 2.24) is 0 Å². The first-order valence-electron chi connectivity index (χ1n) is 7.71. The Hall–Kier alpha value is -1.71. The van der Waals surface area contributed by atoms with E-state index in [1.807, 2.05) is 11.3 Å². The Labute approximate surface area is 136 Å². The number of nitrogens with zero attached hydrogens (tertiary/aromatic N) is 1. The molecule has 2 heterocycles. The Kier molecular flexibility index (Phi) is 2.93. The SMILES string of the molecule is Cc1ccccc1-c1sc2c([n+]1C)[Si](C)(C)c1ccccc1-2. The van der Waals surface area contributed by atoms with Gasteiger partial charge in [0.2, 0.25) is 0 Å². The highest BCUT2D eigenvalue weighted by atomic mass is 32.1. The number of benzene rings is 2. The third kappa shape index (κ3) is 1.72. The minimum atomic E-state index is -1.58. The lowest BCUT2D eigenvalue weighted by Crippen LogP contribution is -2.62. The molecule has 0 unspecified atom stereocenters. The smallest absolute Gasteiger partial charge is 0.193 e. The summed E-state index contributed by atoms with van der Waals surface area (Å²) < 4.78 is 2.47. The van der Waals surface area contributed by atoms with Crippen molar-refractivity contribution in [3.63, 3.8) is 0 Å². The van der Waals surface area contributed by atoms with Gasteiger partial charge < -0.3 is 0 Å². The normalized spacial score (nSPS) is 14.7. The van der Waals surface area contributed by atoms with Gasteiger partial charge in [0.25, 0.3) is 5.01 Å². The average Bonchev–Trinajstić information content (AvgIpc) is 2.96. The number of aryl methyl sites for hydroxylation is 1. The van der Waals surface area contributed by atoms with Gasteiger partial charge in [-0.05, 0) is 29.3 Å². The maximum Gasteiger partial charge on any atom is 0.269 e. The minimum Gasteiger partial charge on any atom is -0.193 e. The highest BCUT2D eigenvalue weighted by Gasteiger charge is 2.47. The van der Waals surface area contributed by atoms with Crippen LogP contribution in [0.4, 0.5) is 0 Å². The molecule has 0 atom stereocenters. The maximum atomic E-state index is 2.48. The van der Waals surface area contributed by atoms with Crippen LogP contribution in [0.5, 0.6) is 0 Å². The van der Waals surface area contributed by atoms with Gasteiger partial charge in [0.1, 0.15) is 11.9 Å². The second kappa shape index (κ2) is 4.64. The summed E-state index contributed by atoms with van der Waals surface area (Å²) in [4.78, 5) is 1.49. The Bertz CT molecular complexity index is 892. The highest BCUT2D eigenvalue weighted by Crippen LogP contribution is 2.36. The maximum absolute atomic E-state index is 2.48. The Morgan fingerprint density at radius 3 is 2.27 bits per heavy atom. The van der Waals surface area contributed by atoms with Crippen LogP contribution in [0.15, 0.2) is 48.5 Å². The monoisotopic (exact) mass is 322 g/mol. The summed E-state index contributed by atoms with van der Waals surface area (Å²) in [6, 6.07) is 17.7. The summed E-state index contributed by atoms with van der Waals surface area (Å²) in [5.41, 5.74) is 4.19. The standard InChI is InChI=1S/C19H20NSSi/c1-13-9-5-6-10-14(13)18-20(2)19-17(21-18)15-11-7-8-12-16(15)22(19,3)4/h5-12H,1-4H3/q+1. The molecule has 0 saturated carbocycles. The predicted molar refractivity (Wildman–Crippen MR) is 97.9 cm³/mol. The van der Waals surface area contributed by atoms with Crippen LogP contribution in [-0.2, 0) is 7.05 Å². The zero-order chi connectivity index (χ0) is 15.5. The van der Waals surface area contributed by atoms with E-state index < -0.39 is 8.07 Å². The van der Waals surface area contributed by atoms with Crippen molar-refractivity contribution >= 4 is 29.9 Å². The molecule has 0 N–H and O–H groups in total. The third-order valence-corrected chi connectivity index (χ3v) is 9.90. The van der Waals surface area contributed by atoms with Gasteiger partial charge in [0.05, 0.1) is 5.56 Å². The van der Waals surface area contributed by atoms with Crippen LogP contribution in [0.1, 0.15) is 5.56 Å². The summed E-state index contributed by atoms with van der Waals surface area (Å²) >= 11 is 1.96. The molecule has 0 aliphatic carbocycles. The van der Waals surface area contributed by atoms with Crippen LogP contribution >= 0.6 is 11.3 Å². The van der Waals surface area contributed by atoms with Gasteiger partial charge in [-0.25, -0.2) is 0 Å². The lowest BCUT2D eigenvalue weighted by Gasteiger charge is -2.14. The van der Waals surface area contributed by atoms with Gasteiger partial charge in [0, 0.05) is 0 Å². The minimum absolute atomic E-state index is 1.35. The first kappa shape index (κ1) is 13.9. The van der Waals surface area contributed by atoms with Crippen LogP contribution in [0, 0.1) is 6.92 Å². The summed E-state index contributed by atoms with van der Waals surface area (Å²) in [5, 5.41) is 4.55. The molecule has 0 radical (unpaired) electrons. The van der Waals surface area contributed by atoms with Crippen molar-refractivity contribution in [2.45, 2.75) is 20.0 Å². The largest absolute Gasteiger partial charge is 0.269 e. The summed E-state index contributed by atoms with van der Waals surface area (Å²) in [7, 11) is 0.666. The molecule has 0 fully saturated rings. The number of hydrogen-bond acceptors (Lipinski definition) is 1. The zero-order valence-corrected chi connectivity index (χ0v) is 15.3. The molecule has 0 saturated heterocycles. The van der Waals surface area contributed by atoms with Crippen LogP contribution in [-0.4, -0.2) is 8.07 Å². The number of rotatable bonds is 1. The second-order valence-corrected chi connectivity index (χ2v) is 11.9. The average molecular weight is 323 g/mol. The Morgan fingerprint density at radius 1 is 0.909 bits per heavy atom. The van der Waals surface area contributed by atoms with E-state index in [0.717, 1.165) is 0 Å². The fourth-order valence-electron chi connectivity index (χ4n) is 3.76. The first-order valence-corrected chi connectivity index (χ1v) is 11.5. The van der Waals surface area contributed by atoms with Crippen LogP contribution < -0.4 is 15.1 Å². The van der Waals surface area contributed by atoms with Crippen molar-refractivity contribution in [3.05, 3.63) is 54.1 Å². The molecule has 3 heteroatoms. The van der Waals surface area contributed by atoms with Gasteiger partial charge in [-0.3, -0.25) is 0 Å². The predicted octanol–water partition coefficient (Wildman–Crippen LogP) is 3.35. The molecular formula is C19H20NSSi+. The van der Waals surface area contributed by atoms with E-state index in [1.165, 1.54) is 26.6 Å². The van der Waals surface area contributed by atoms with Crippen molar-refractivity contribution < 1.29 is 4.57 Å². The van der Waals surface area contributed by atoms with E-state index in [-0.39, 0.29) is 0 Å². The van der Waals surface area contributed by atoms with E-state index >= 15 is 0 Å². The molecule has 110 valence electrons. The van der Waals surface area contributed by atoms with Gasteiger partial charge in [-0.2, -0.15) is 4.57 Å². The van der Waals surface area contributed by atoms with Crippen molar-refractivity contribution in [3.8, 4) is 21.0 Å². The zero-order valence-electron chi connectivity index (χ0n) is 13.5. The molecule has 1 nitrogen and oxygen atoms in total. The molecule has 2 aromatic carbocycles. The number of hydrogen-bond donors (Lipinski definition) is 0. The van der Waals surface area contributed by atoms with Crippen molar-refractivity contribution in [2.75, 3.05) is 0 Å². The lowest BCUT2D eigenvalue weighted by molar-refractivity contribution is -0.638.